The van der Waals surface area contributed by atoms with E-state index in [1.165, 1.54) is 16.2 Å². The Labute approximate surface area is 123 Å². The number of nitrogens with zero attached hydrogens (tertiary/aromatic N) is 3. The number of urea groups is 1. The minimum Gasteiger partial charge on any atom is -0.324 e. The Kier molecular flexibility index (Phi) is 3.76. The zero-order chi connectivity index (χ0) is 15.0. The van der Waals surface area contributed by atoms with Crippen LogP contribution in [0, 0.1) is 5.92 Å². The van der Waals surface area contributed by atoms with E-state index in [1.807, 2.05) is 0 Å². The van der Waals surface area contributed by atoms with Crippen LogP contribution in [-0.2, 0) is 0 Å². The van der Waals surface area contributed by atoms with Crippen molar-refractivity contribution in [3.05, 3.63) is 5.01 Å². The Hall–Kier alpha value is -1.38. The van der Waals surface area contributed by atoms with Crippen molar-refractivity contribution in [2.45, 2.75) is 37.8 Å². The van der Waals surface area contributed by atoms with Gasteiger partial charge in [-0.1, -0.05) is 11.3 Å². The van der Waals surface area contributed by atoms with Gasteiger partial charge in [0, 0.05) is 19.0 Å². The first-order valence-electron chi connectivity index (χ1n) is 6.89. The van der Waals surface area contributed by atoms with Crippen LogP contribution in [0.15, 0.2) is 0 Å². The van der Waals surface area contributed by atoms with E-state index in [4.69, 9.17) is 0 Å². The van der Waals surface area contributed by atoms with E-state index in [9.17, 15) is 18.0 Å². The van der Waals surface area contributed by atoms with Crippen LogP contribution in [0.1, 0.15) is 36.6 Å². The zero-order valence-electron chi connectivity index (χ0n) is 11.2. The minimum absolute atomic E-state index is 0.0813. The van der Waals surface area contributed by atoms with Crippen molar-refractivity contribution in [3.8, 4) is 0 Å². The summed E-state index contributed by atoms with van der Waals surface area (Å²) in [6, 6.07) is -0.526. The van der Waals surface area contributed by atoms with Gasteiger partial charge in [-0.3, -0.25) is 5.32 Å². The Morgan fingerprint density at radius 1 is 1.29 bits per heavy atom. The summed E-state index contributed by atoms with van der Waals surface area (Å²) < 4.78 is 38.2. The molecule has 1 atom stereocenters. The third kappa shape index (κ3) is 3.45. The zero-order valence-corrected chi connectivity index (χ0v) is 12.0. The van der Waals surface area contributed by atoms with Crippen molar-refractivity contribution < 1.29 is 18.0 Å². The van der Waals surface area contributed by atoms with Crippen LogP contribution in [0.25, 0.3) is 0 Å². The average Bonchev–Trinajstić information content (AvgIpc) is 3.19. The highest BCUT2D eigenvalue weighted by Gasteiger charge is 2.42. The Morgan fingerprint density at radius 3 is 2.71 bits per heavy atom. The largest absolute Gasteiger partial charge is 0.393 e. The Bertz CT molecular complexity index is 529. The van der Waals surface area contributed by atoms with E-state index in [0.717, 1.165) is 17.8 Å². The molecule has 1 aliphatic heterocycles. The molecule has 0 bridgehead atoms. The van der Waals surface area contributed by atoms with Gasteiger partial charge in [0.25, 0.3) is 0 Å². The molecular formula is C12H15F3N4OS. The molecule has 0 spiro atoms. The molecule has 1 aromatic heterocycles. The molecule has 0 aromatic carbocycles. The second kappa shape index (κ2) is 5.43. The quantitative estimate of drug-likeness (QED) is 0.910. The fourth-order valence-corrected chi connectivity index (χ4v) is 3.28. The lowest BCUT2D eigenvalue weighted by atomic mass is 9.98. The van der Waals surface area contributed by atoms with Gasteiger partial charge in [-0.05, 0) is 25.7 Å². The number of aromatic nitrogens is 2. The summed E-state index contributed by atoms with van der Waals surface area (Å²) in [7, 11) is 0. The predicted octanol–water partition coefficient (Wildman–Crippen LogP) is 3.22. The normalized spacial score (nSPS) is 23.2. The van der Waals surface area contributed by atoms with Gasteiger partial charge in [0.15, 0.2) is 0 Å². The van der Waals surface area contributed by atoms with E-state index < -0.39 is 18.1 Å². The average molecular weight is 320 g/mol. The molecule has 2 fully saturated rings. The van der Waals surface area contributed by atoms with Crippen LogP contribution < -0.4 is 5.32 Å². The first-order valence-corrected chi connectivity index (χ1v) is 7.71. The maximum Gasteiger partial charge on any atom is 0.393 e. The fraction of sp³-hybridized carbons (Fsp3) is 0.750. The molecule has 1 saturated heterocycles. The molecule has 0 unspecified atom stereocenters. The van der Waals surface area contributed by atoms with Crippen molar-refractivity contribution in [1.29, 1.82) is 0 Å². The first kappa shape index (κ1) is 14.6. The van der Waals surface area contributed by atoms with Crippen molar-refractivity contribution in [2.75, 3.05) is 18.4 Å². The second-order valence-corrected chi connectivity index (χ2v) is 6.49. The summed E-state index contributed by atoms with van der Waals surface area (Å²) in [5.41, 5.74) is 0. The summed E-state index contributed by atoms with van der Waals surface area (Å²) in [6.07, 6.45) is -1.64. The number of carbonyl (C=O) groups excluding carboxylic acids is 1. The number of amides is 2. The van der Waals surface area contributed by atoms with Crippen molar-refractivity contribution in [3.63, 3.8) is 0 Å². The number of rotatable bonds is 2. The van der Waals surface area contributed by atoms with Crippen LogP contribution in [0.3, 0.4) is 0 Å². The number of nitrogens with one attached hydrogen (secondary N) is 1. The maximum atomic E-state index is 12.7. The summed E-state index contributed by atoms with van der Waals surface area (Å²) in [4.78, 5) is 13.2. The topological polar surface area (TPSA) is 58.1 Å². The van der Waals surface area contributed by atoms with Gasteiger partial charge in [-0.2, -0.15) is 13.2 Å². The number of hydrogen-bond donors (Lipinski definition) is 1. The number of carbonyl (C=O) groups is 1. The summed E-state index contributed by atoms with van der Waals surface area (Å²) in [6.45, 7) is 0.0519. The van der Waals surface area contributed by atoms with Crippen molar-refractivity contribution in [1.82, 2.24) is 15.1 Å². The van der Waals surface area contributed by atoms with Crippen LogP contribution >= 0.6 is 11.3 Å². The lowest BCUT2D eigenvalue weighted by Crippen LogP contribution is -2.46. The molecule has 3 rings (SSSR count). The Morgan fingerprint density at radius 2 is 2.05 bits per heavy atom. The molecule has 1 saturated carbocycles. The number of piperidine rings is 1. The highest BCUT2D eigenvalue weighted by Crippen LogP contribution is 2.42. The summed E-state index contributed by atoms with van der Waals surface area (Å²) in [5, 5.41) is 11.6. The molecule has 2 heterocycles. The molecule has 1 N–H and O–H groups in total. The van der Waals surface area contributed by atoms with E-state index in [2.05, 4.69) is 15.5 Å². The van der Waals surface area contributed by atoms with Crippen LogP contribution in [0.4, 0.5) is 23.1 Å². The molecule has 116 valence electrons. The van der Waals surface area contributed by atoms with E-state index >= 15 is 0 Å². The molecular weight excluding hydrogens is 305 g/mol. The maximum absolute atomic E-state index is 12.7. The third-order valence-electron chi connectivity index (χ3n) is 3.75. The lowest BCUT2D eigenvalue weighted by Gasteiger charge is -2.33. The van der Waals surface area contributed by atoms with E-state index in [0.29, 0.717) is 24.0 Å². The van der Waals surface area contributed by atoms with Gasteiger partial charge in [0.05, 0.1) is 5.92 Å². The minimum atomic E-state index is -4.25. The monoisotopic (exact) mass is 320 g/mol. The molecule has 2 amide bonds. The Balaban J connectivity index is 1.58. The number of halogens is 3. The number of alkyl halides is 3. The molecule has 0 radical (unpaired) electrons. The van der Waals surface area contributed by atoms with E-state index in [1.54, 1.807) is 0 Å². The summed E-state index contributed by atoms with van der Waals surface area (Å²) >= 11 is 1.30. The van der Waals surface area contributed by atoms with Crippen molar-refractivity contribution >= 4 is 22.5 Å². The summed E-state index contributed by atoms with van der Waals surface area (Å²) in [5.74, 6) is -0.994. The molecule has 21 heavy (non-hydrogen) atoms. The lowest BCUT2D eigenvalue weighted by molar-refractivity contribution is -0.183. The van der Waals surface area contributed by atoms with E-state index in [-0.39, 0.29) is 13.0 Å². The highest BCUT2D eigenvalue weighted by molar-refractivity contribution is 7.15. The smallest absolute Gasteiger partial charge is 0.324 e. The highest BCUT2D eigenvalue weighted by atomic mass is 32.1. The second-order valence-electron chi connectivity index (χ2n) is 5.48. The van der Waals surface area contributed by atoms with Crippen LogP contribution in [-0.4, -0.2) is 40.4 Å². The van der Waals surface area contributed by atoms with Gasteiger partial charge in [-0.15, -0.1) is 10.2 Å². The number of anilines is 1. The number of hydrogen-bond acceptors (Lipinski definition) is 4. The third-order valence-corrected chi connectivity index (χ3v) is 4.75. The standard InChI is InChI=1S/C12H15F3N4OS/c13-12(14,15)8-2-1-5-19(6-8)11(20)16-10-18-17-9(21-10)7-3-4-7/h7-8H,1-6H2,(H,16,18,20)/t8-/m1/s1. The van der Waals surface area contributed by atoms with Crippen LogP contribution in [0.5, 0.6) is 0 Å². The number of likely N-dealkylation sites (tertiary alicyclic amines) is 1. The van der Waals surface area contributed by atoms with Gasteiger partial charge >= 0.3 is 12.2 Å². The molecule has 1 aliphatic carbocycles. The SMILES string of the molecule is O=C(Nc1nnc(C2CC2)s1)N1CCC[C@@H](C(F)(F)F)C1. The van der Waals surface area contributed by atoms with Crippen molar-refractivity contribution in [2.24, 2.45) is 5.92 Å². The first-order chi connectivity index (χ1) is 9.93. The molecule has 5 nitrogen and oxygen atoms in total. The fourth-order valence-electron chi connectivity index (χ4n) is 2.38. The molecule has 1 aromatic rings. The molecule has 2 aliphatic rings. The predicted molar refractivity (Wildman–Crippen MR) is 71.3 cm³/mol. The van der Waals surface area contributed by atoms with Gasteiger partial charge in [-0.25, -0.2) is 4.79 Å². The van der Waals surface area contributed by atoms with Gasteiger partial charge < -0.3 is 4.90 Å². The molecule has 9 heteroatoms. The van der Waals surface area contributed by atoms with Crippen LogP contribution in [0.2, 0.25) is 0 Å². The van der Waals surface area contributed by atoms with Gasteiger partial charge in [0.2, 0.25) is 5.13 Å². The van der Waals surface area contributed by atoms with Gasteiger partial charge in [0.1, 0.15) is 5.01 Å².